The molecule has 106 valence electrons. The summed E-state index contributed by atoms with van der Waals surface area (Å²) in [5.74, 6) is 0.0894. The molecule has 0 radical (unpaired) electrons. The highest BCUT2D eigenvalue weighted by Crippen LogP contribution is 2.28. The van der Waals surface area contributed by atoms with Crippen LogP contribution < -0.4 is 11.1 Å². The molecule has 1 atom stereocenters. The number of phenols is 1. The number of ether oxygens (including phenoxy) is 1. The van der Waals surface area contributed by atoms with Crippen LogP contribution in [0.2, 0.25) is 0 Å². The Bertz CT molecular complexity index is 454. The SMILES string of the molecule is CC(C)(C)OC(=O)NC(C)(CN)c1ccccc1O. The van der Waals surface area contributed by atoms with Gasteiger partial charge in [0.25, 0.3) is 0 Å². The Balaban J connectivity index is 2.94. The predicted molar refractivity (Wildman–Crippen MR) is 73.9 cm³/mol. The Kier molecular flexibility index (Phi) is 4.42. The van der Waals surface area contributed by atoms with Gasteiger partial charge in [0.1, 0.15) is 11.4 Å². The second-order valence-electron chi connectivity index (χ2n) is 5.68. The van der Waals surface area contributed by atoms with Gasteiger partial charge in [-0.1, -0.05) is 18.2 Å². The van der Waals surface area contributed by atoms with Crippen molar-refractivity contribution in [1.82, 2.24) is 5.32 Å². The number of hydrogen-bond donors (Lipinski definition) is 3. The normalized spacial score (nSPS) is 14.6. The number of alkyl carbamates (subject to hydrolysis) is 1. The lowest BCUT2D eigenvalue weighted by molar-refractivity contribution is 0.0464. The standard InChI is InChI=1S/C14H22N2O3/c1-13(2,3)19-12(18)16-14(4,9-15)10-7-5-6-8-11(10)17/h5-8,17H,9,15H2,1-4H3,(H,16,18). The summed E-state index contributed by atoms with van der Waals surface area (Å²) in [5, 5.41) is 12.6. The van der Waals surface area contributed by atoms with Crippen LogP contribution in [-0.2, 0) is 10.3 Å². The molecule has 1 unspecified atom stereocenters. The van der Waals surface area contributed by atoms with E-state index in [1.165, 1.54) is 0 Å². The number of benzene rings is 1. The molecule has 0 heterocycles. The second-order valence-corrected chi connectivity index (χ2v) is 5.68. The molecule has 4 N–H and O–H groups in total. The molecular weight excluding hydrogens is 244 g/mol. The molecule has 0 aliphatic rings. The summed E-state index contributed by atoms with van der Waals surface area (Å²) >= 11 is 0. The number of phenolic OH excluding ortho intramolecular Hbond substituents is 1. The van der Waals surface area contributed by atoms with E-state index in [1.54, 1.807) is 52.0 Å². The fourth-order valence-corrected chi connectivity index (χ4v) is 1.70. The summed E-state index contributed by atoms with van der Waals surface area (Å²) in [6.45, 7) is 7.24. The Labute approximate surface area is 113 Å². The van der Waals surface area contributed by atoms with E-state index in [1.807, 2.05) is 0 Å². The molecular formula is C14H22N2O3. The minimum atomic E-state index is -0.881. The van der Waals surface area contributed by atoms with Gasteiger partial charge in [-0.25, -0.2) is 4.79 Å². The van der Waals surface area contributed by atoms with Crippen LogP contribution in [0.1, 0.15) is 33.3 Å². The van der Waals surface area contributed by atoms with Crippen LogP contribution in [-0.4, -0.2) is 23.3 Å². The van der Waals surface area contributed by atoms with Crippen LogP contribution in [0.3, 0.4) is 0 Å². The summed E-state index contributed by atoms with van der Waals surface area (Å²) in [6, 6.07) is 6.77. The van der Waals surface area contributed by atoms with Crippen molar-refractivity contribution >= 4 is 6.09 Å². The van der Waals surface area contributed by atoms with Gasteiger partial charge >= 0.3 is 6.09 Å². The Morgan fingerprint density at radius 2 is 1.89 bits per heavy atom. The monoisotopic (exact) mass is 266 g/mol. The van der Waals surface area contributed by atoms with Crippen molar-refractivity contribution in [2.24, 2.45) is 5.73 Å². The maximum atomic E-state index is 11.8. The maximum Gasteiger partial charge on any atom is 0.408 e. The first-order valence-electron chi connectivity index (χ1n) is 6.18. The van der Waals surface area contributed by atoms with Gasteiger partial charge in [-0.3, -0.25) is 0 Å². The van der Waals surface area contributed by atoms with E-state index in [0.717, 1.165) is 0 Å². The number of amides is 1. The number of aromatic hydroxyl groups is 1. The van der Waals surface area contributed by atoms with Crippen LogP contribution in [0.15, 0.2) is 24.3 Å². The third kappa shape index (κ3) is 4.13. The van der Waals surface area contributed by atoms with Crippen molar-refractivity contribution in [2.45, 2.75) is 38.8 Å². The molecule has 0 saturated carbocycles. The quantitative estimate of drug-likeness (QED) is 0.782. The van der Waals surface area contributed by atoms with Crippen molar-refractivity contribution in [2.75, 3.05) is 6.54 Å². The minimum Gasteiger partial charge on any atom is -0.508 e. The Morgan fingerprint density at radius 3 is 2.37 bits per heavy atom. The summed E-state index contributed by atoms with van der Waals surface area (Å²) in [4.78, 5) is 11.8. The first-order chi connectivity index (χ1) is 8.68. The molecule has 0 spiro atoms. The molecule has 0 aliphatic heterocycles. The van der Waals surface area contributed by atoms with Gasteiger partial charge in [-0.05, 0) is 33.8 Å². The molecule has 1 aromatic carbocycles. The van der Waals surface area contributed by atoms with E-state index < -0.39 is 17.2 Å². The van der Waals surface area contributed by atoms with E-state index in [0.29, 0.717) is 5.56 Å². The average Bonchev–Trinajstić information content (AvgIpc) is 2.26. The van der Waals surface area contributed by atoms with Crippen molar-refractivity contribution < 1.29 is 14.6 Å². The van der Waals surface area contributed by atoms with Crippen LogP contribution in [0.4, 0.5) is 4.79 Å². The molecule has 0 fully saturated rings. The number of nitrogens with two attached hydrogens (primary N) is 1. The van der Waals surface area contributed by atoms with Crippen LogP contribution in [0.25, 0.3) is 0 Å². The third-order valence-corrected chi connectivity index (χ3v) is 2.68. The number of para-hydroxylation sites is 1. The molecule has 19 heavy (non-hydrogen) atoms. The third-order valence-electron chi connectivity index (χ3n) is 2.68. The fourth-order valence-electron chi connectivity index (χ4n) is 1.70. The van der Waals surface area contributed by atoms with Crippen molar-refractivity contribution in [3.8, 4) is 5.75 Å². The van der Waals surface area contributed by atoms with E-state index in [2.05, 4.69) is 5.32 Å². The molecule has 1 amide bonds. The maximum absolute atomic E-state index is 11.8. The lowest BCUT2D eigenvalue weighted by atomic mass is 9.91. The van der Waals surface area contributed by atoms with Gasteiger partial charge in [-0.2, -0.15) is 0 Å². The summed E-state index contributed by atoms with van der Waals surface area (Å²) in [6.07, 6.45) is -0.566. The molecule has 5 heteroatoms. The molecule has 0 bridgehead atoms. The largest absolute Gasteiger partial charge is 0.508 e. The van der Waals surface area contributed by atoms with Crippen molar-refractivity contribution in [3.63, 3.8) is 0 Å². The summed E-state index contributed by atoms with van der Waals surface area (Å²) < 4.78 is 5.21. The number of rotatable bonds is 3. The molecule has 1 aromatic rings. The molecule has 1 rings (SSSR count). The molecule has 0 aliphatic carbocycles. The molecule has 5 nitrogen and oxygen atoms in total. The number of carbonyl (C=O) groups is 1. The Morgan fingerprint density at radius 1 is 1.32 bits per heavy atom. The van der Waals surface area contributed by atoms with Gasteiger partial charge in [0.05, 0.1) is 5.54 Å². The van der Waals surface area contributed by atoms with Crippen LogP contribution >= 0.6 is 0 Å². The van der Waals surface area contributed by atoms with Gasteiger partial charge in [0, 0.05) is 12.1 Å². The van der Waals surface area contributed by atoms with Gasteiger partial charge in [0.2, 0.25) is 0 Å². The smallest absolute Gasteiger partial charge is 0.408 e. The second kappa shape index (κ2) is 5.48. The highest BCUT2D eigenvalue weighted by Gasteiger charge is 2.31. The van der Waals surface area contributed by atoms with Gasteiger partial charge in [0.15, 0.2) is 0 Å². The molecule has 0 saturated heterocycles. The van der Waals surface area contributed by atoms with E-state index >= 15 is 0 Å². The predicted octanol–water partition coefficient (Wildman–Crippen LogP) is 2.09. The average molecular weight is 266 g/mol. The zero-order valence-corrected chi connectivity index (χ0v) is 11.9. The summed E-state index contributed by atoms with van der Waals surface area (Å²) in [7, 11) is 0. The highest BCUT2D eigenvalue weighted by atomic mass is 16.6. The summed E-state index contributed by atoms with van der Waals surface area (Å²) in [5.41, 5.74) is 4.83. The van der Waals surface area contributed by atoms with E-state index in [4.69, 9.17) is 10.5 Å². The highest BCUT2D eigenvalue weighted by molar-refractivity contribution is 5.69. The van der Waals surface area contributed by atoms with Gasteiger partial charge in [-0.15, -0.1) is 0 Å². The van der Waals surface area contributed by atoms with Crippen molar-refractivity contribution in [3.05, 3.63) is 29.8 Å². The van der Waals surface area contributed by atoms with E-state index in [-0.39, 0.29) is 12.3 Å². The zero-order valence-electron chi connectivity index (χ0n) is 11.9. The number of nitrogens with one attached hydrogen (secondary N) is 1. The van der Waals surface area contributed by atoms with E-state index in [9.17, 15) is 9.90 Å². The Hall–Kier alpha value is -1.75. The van der Waals surface area contributed by atoms with Gasteiger partial charge < -0.3 is 20.9 Å². The lowest BCUT2D eigenvalue weighted by Gasteiger charge is -2.31. The zero-order chi connectivity index (χ0) is 14.7. The number of carbonyl (C=O) groups excluding carboxylic acids is 1. The van der Waals surface area contributed by atoms with Crippen LogP contribution in [0, 0.1) is 0 Å². The first-order valence-corrected chi connectivity index (χ1v) is 6.18. The minimum absolute atomic E-state index is 0.0894. The lowest BCUT2D eigenvalue weighted by Crippen LogP contribution is -2.50. The van der Waals surface area contributed by atoms with Crippen molar-refractivity contribution in [1.29, 1.82) is 0 Å². The fraction of sp³-hybridized carbons (Fsp3) is 0.500. The van der Waals surface area contributed by atoms with Crippen LogP contribution in [0.5, 0.6) is 5.75 Å². The molecule has 0 aromatic heterocycles. The topological polar surface area (TPSA) is 84.6 Å². The number of hydrogen-bond acceptors (Lipinski definition) is 4. The first kappa shape index (κ1) is 15.3.